The van der Waals surface area contributed by atoms with Gasteiger partial charge >= 0.3 is 0 Å². The van der Waals surface area contributed by atoms with Gasteiger partial charge in [0.2, 0.25) is 15.9 Å². The van der Waals surface area contributed by atoms with Gasteiger partial charge in [-0.05, 0) is 42.2 Å². The van der Waals surface area contributed by atoms with Crippen molar-refractivity contribution in [3.05, 3.63) is 48.0 Å². The van der Waals surface area contributed by atoms with E-state index in [1.807, 2.05) is 36.1 Å². The fourth-order valence-electron chi connectivity index (χ4n) is 3.92. The lowest BCUT2D eigenvalue weighted by Crippen LogP contribution is -2.53. The van der Waals surface area contributed by atoms with Gasteiger partial charge in [0.05, 0.1) is 25.2 Å². The number of anilines is 1. The molecule has 2 aromatic rings. The lowest BCUT2D eigenvalue weighted by Gasteiger charge is -2.36. The number of ether oxygens (including phenoxy) is 2. The second kappa shape index (κ2) is 10.3. The summed E-state index contributed by atoms with van der Waals surface area (Å²) in [5, 5.41) is 2.97. The lowest BCUT2D eigenvalue weighted by molar-refractivity contribution is -0.121. The number of sulfonamides is 1. The molecule has 3 rings (SSSR count). The minimum Gasteiger partial charge on any atom is -0.493 e. The summed E-state index contributed by atoms with van der Waals surface area (Å²) < 4.78 is 38.2. The first-order valence-electron chi connectivity index (χ1n) is 11.3. The maximum Gasteiger partial charge on any atom is 0.243 e. The van der Waals surface area contributed by atoms with Crippen molar-refractivity contribution in [1.29, 1.82) is 0 Å². The topological polar surface area (TPSA) is 88.2 Å². The van der Waals surface area contributed by atoms with Crippen molar-refractivity contribution >= 4 is 21.6 Å². The minimum absolute atomic E-state index is 0.0484. The van der Waals surface area contributed by atoms with Crippen molar-refractivity contribution in [2.24, 2.45) is 0 Å². The molecule has 1 unspecified atom stereocenters. The highest BCUT2D eigenvalue weighted by molar-refractivity contribution is 7.89. The zero-order valence-corrected chi connectivity index (χ0v) is 21.6. The summed E-state index contributed by atoms with van der Waals surface area (Å²) in [6.07, 6.45) is 0. The van der Waals surface area contributed by atoms with Crippen LogP contribution in [0.15, 0.2) is 47.4 Å². The number of methoxy groups -OCH3 is 2. The summed E-state index contributed by atoms with van der Waals surface area (Å²) in [5.41, 5.74) is 2.00. The van der Waals surface area contributed by atoms with Gasteiger partial charge in [0.15, 0.2) is 11.5 Å². The first kappa shape index (κ1) is 26.0. The average molecular weight is 490 g/mol. The van der Waals surface area contributed by atoms with Gasteiger partial charge in [-0.3, -0.25) is 9.69 Å². The molecule has 0 radical (unpaired) electrons. The SMILES string of the molecule is COc1ccc(S(=O)(=O)N2CCN(C(C)C(=O)Nc3ccc(C(C)(C)C)cc3)CC2)cc1OC. The van der Waals surface area contributed by atoms with Crippen molar-refractivity contribution in [2.75, 3.05) is 45.7 Å². The third-order valence-electron chi connectivity index (χ3n) is 6.21. The van der Waals surface area contributed by atoms with Crippen LogP contribution in [-0.2, 0) is 20.2 Å². The second-order valence-corrected chi connectivity index (χ2v) is 11.4. The van der Waals surface area contributed by atoms with Crippen LogP contribution in [-0.4, -0.2) is 70.0 Å². The van der Waals surface area contributed by atoms with Gasteiger partial charge in [-0.2, -0.15) is 4.31 Å². The summed E-state index contributed by atoms with van der Waals surface area (Å²) in [7, 11) is -0.709. The third kappa shape index (κ3) is 5.71. The number of nitrogens with one attached hydrogen (secondary N) is 1. The molecule has 0 aliphatic carbocycles. The second-order valence-electron chi connectivity index (χ2n) is 9.45. The molecule has 1 atom stereocenters. The Morgan fingerprint density at radius 1 is 0.941 bits per heavy atom. The van der Waals surface area contributed by atoms with Crippen molar-refractivity contribution in [1.82, 2.24) is 9.21 Å². The van der Waals surface area contributed by atoms with E-state index < -0.39 is 10.0 Å². The summed E-state index contributed by atoms with van der Waals surface area (Å²) >= 11 is 0. The van der Waals surface area contributed by atoms with E-state index >= 15 is 0 Å². The highest BCUT2D eigenvalue weighted by atomic mass is 32.2. The standard InChI is InChI=1S/C25H35N3O5S/c1-18(24(29)26-20-9-7-19(8-10-20)25(2,3)4)27-13-15-28(16-14-27)34(30,31)21-11-12-22(32-5)23(17-21)33-6/h7-12,17-18H,13-16H2,1-6H3,(H,26,29). The highest BCUT2D eigenvalue weighted by Gasteiger charge is 2.32. The zero-order chi connectivity index (χ0) is 25.1. The van der Waals surface area contributed by atoms with E-state index in [4.69, 9.17) is 9.47 Å². The number of hydrogen-bond acceptors (Lipinski definition) is 6. The number of carbonyl (C=O) groups is 1. The highest BCUT2D eigenvalue weighted by Crippen LogP contribution is 2.31. The molecule has 9 heteroatoms. The van der Waals surface area contributed by atoms with Crippen LogP contribution in [0.1, 0.15) is 33.3 Å². The molecule has 34 heavy (non-hydrogen) atoms. The lowest BCUT2D eigenvalue weighted by atomic mass is 9.87. The quantitative estimate of drug-likeness (QED) is 0.642. The Morgan fingerprint density at radius 2 is 1.53 bits per heavy atom. The minimum atomic E-state index is -3.68. The Balaban J connectivity index is 1.61. The third-order valence-corrected chi connectivity index (χ3v) is 8.11. The predicted molar refractivity (Wildman–Crippen MR) is 133 cm³/mol. The van der Waals surface area contributed by atoms with Gasteiger partial charge in [0.1, 0.15) is 0 Å². The monoisotopic (exact) mass is 489 g/mol. The summed E-state index contributed by atoms with van der Waals surface area (Å²) in [5.74, 6) is 0.724. The predicted octanol–water partition coefficient (Wildman–Crippen LogP) is 3.33. The molecule has 1 heterocycles. The molecule has 2 aromatic carbocycles. The molecule has 0 spiro atoms. The van der Waals surface area contributed by atoms with Crippen LogP contribution in [0, 0.1) is 0 Å². The molecular weight excluding hydrogens is 454 g/mol. The number of benzene rings is 2. The molecular formula is C25H35N3O5S. The van der Waals surface area contributed by atoms with Crippen LogP contribution in [0.2, 0.25) is 0 Å². The molecule has 186 valence electrons. The van der Waals surface area contributed by atoms with Crippen LogP contribution >= 0.6 is 0 Å². The van der Waals surface area contributed by atoms with E-state index in [2.05, 4.69) is 26.1 Å². The van der Waals surface area contributed by atoms with Crippen LogP contribution in [0.3, 0.4) is 0 Å². The summed E-state index contributed by atoms with van der Waals surface area (Å²) in [6.45, 7) is 9.81. The van der Waals surface area contributed by atoms with E-state index in [0.717, 1.165) is 5.69 Å². The molecule has 1 amide bonds. The molecule has 1 aliphatic rings. The van der Waals surface area contributed by atoms with E-state index in [1.165, 1.54) is 36.2 Å². The van der Waals surface area contributed by atoms with Crippen LogP contribution < -0.4 is 14.8 Å². The van der Waals surface area contributed by atoms with Gasteiger partial charge in [-0.15, -0.1) is 0 Å². The van der Waals surface area contributed by atoms with Gasteiger partial charge < -0.3 is 14.8 Å². The molecule has 1 saturated heterocycles. The number of carbonyl (C=O) groups excluding carboxylic acids is 1. The van der Waals surface area contributed by atoms with Gasteiger partial charge in [-0.25, -0.2) is 8.42 Å². The largest absolute Gasteiger partial charge is 0.493 e. The van der Waals surface area contributed by atoms with Crippen molar-refractivity contribution in [3.63, 3.8) is 0 Å². The molecule has 1 N–H and O–H groups in total. The number of amides is 1. The van der Waals surface area contributed by atoms with Crippen molar-refractivity contribution in [2.45, 2.75) is 44.0 Å². The number of piperazine rings is 1. The average Bonchev–Trinajstić information content (AvgIpc) is 2.82. The van der Waals surface area contributed by atoms with Gasteiger partial charge in [-0.1, -0.05) is 32.9 Å². The van der Waals surface area contributed by atoms with E-state index in [9.17, 15) is 13.2 Å². The fraction of sp³-hybridized carbons (Fsp3) is 0.480. The number of rotatable bonds is 7. The first-order valence-corrected chi connectivity index (χ1v) is 12.8. The number of nitrogens with zero attached hydrogens (tertiary/aromatic N) is 2. The normalized spacial score (nSPS) is 16.6. The van der Waals surface area contributed by atoms with Gasteiger partial charge in [0.25, 0.3) is 0 Å². The van der Waals surface area contributed by atoms with Crippen molar-refractivity contribution < 1.29 is 22.7 Å². The van der Waals surface area contributed by atoms with Crippen LogP contribution in [0.4, 0.5) is 5.69 Å². The maximum absolute atomic E-state index is 13.1. The Kier molecular flexibility index (Phi) is 7.90. The summed E-state index contributed by atoms with van der Waals surface area (Å²) in [4.78, 5) is 15.0. The smallest absolute Gasteiger partial charge is 0.243 e. The molecule has 8 nitrogen and oxygen atoms in total. The Labute approximate surface area is 202 Å². The molecule has 0 bridgehead atoms. The Morgan fingerprint density at radius 3 is 2.06 bits per heavy atom. The first-order chi connectivity index (χ1) is 16.0. The van der Waals surface area contributed by atoms with Crippen LogP contribution in [0.5, 0.6) is 11.5 Å². The molecule has 0 saturated carbocycles. The molecule has 1 aliphatic heterocycles. The van der Waals surface area contributed by atoms with E-state index in [-0.39, 0.29) is 22.3 Å². The molecule has 1 fully saturated rings. The fourth-order valence-corrected chi connectivity index (χ4v) is 5.36. The van der Waals surface area contributed by atoms with E-state index in [1.54, 1.807) is 6.07 Å². The van der Waals surface area contributed by atoms with Crippen molar-refractivity contribution in [3.8, 4) is 11.5 Å². The summed E-state index contributed by atoms with van der Waals surface area (Å²) in [6, 6.07) is 12.1. The van der Waals surface area contributed by atoms with Crippen LogP contribution in [0.25, 0.3) is 0 Å². The van der Waals surface area contributed by atoms with Gasteiger partial charge in [0, 0.05) is 37.9 Å². The number of hydrogen-bond donors (Lipinski definition) is 1. The Bertz CT molecular complexity index is 1100. The molecule has 0 aromatic heterocycles. The zero-order valence-electron chi connectivity index (χ0n) is 20.8. The Hall–Kier alpha value is -2.62. The van der Waals surface area contributed by atoms with E-state index in [0.29, 0.717) is 37.7 Å². The maximum atomic E-state index is 13.1.